The Labute approximate surface area is 123 Å². The van der Waals surface area contributed by atoms with Crippen molar-refractivity contribution in [2.75, 3.05) is 17.2 Å². The number of hydrogen-bond donors (Lipinski definition) is 2. The lowest BCUT2D eigenvalue weighted by Crippen LogP contribution is -2.11. The highest BCUT2D eigenvalue weighted by Crippen LogP contribution is 2.13. The molecule has 2 amide bonds. The first kappa shape index (κ1) is 16.4. The van der Waals surface area contributed by atoms with E-state index in [1.54, 1.807) is 38.1 Å². The average Bonchev–Trinajstić information content (AvgIpc) is 2.47. The number of amides is 2. The van der Waals surface area contributed by atoms with Crippen LogP contribution < -0.4 is 10.6 Å². The van der Waals surface area contributed by atoms with Gasteiger partial charge in [0.05, 0.1) is 6.61 Å². The summed E-state index contributed by atoms with van der Waals surface area (Å²) < 4.78 is 4.66. The Morgan fingerprint density at radius 2 is 1.57 bits per heavy atom. The molecule has 6 heteroatoms. The summed E-state index contributed by atoms with van der Waals surface area (Å²) in [4.78, 5) is 33.8. The second-order valence-electron chi connectivity index (χ2n) is 4.05. The van der Waals surface area contributed by atoms with Crippen molar-refractivity contribution in [2.24, 2.45) is 0 Å². The van der Waals surface area contributed by atoms with E-state index in [9.17, 15) is 14.4 Å². The van der Waals surface area contributed by atoms with Crippen LogP contribution in [0.1, 0.15) is 20.3 Å². The summed E-state index contributed by atoms with van der Waals surface area (Å²) in [6.07, 6.45) is 2.57. The molecule has 21 heavy (non-hydrogen) atoms. The maximum atomic E-state index is 11.6. The largest absolute Gasteiger partial charge is 0.463 e. The van der Waals surface area contributed by atoms with Crippen LogP contribution in [0.2, 0.25) is 0 Å². The van der Waals surface area contributed by atoms with Crippen LogP contribution in [0.4, 0.5) is 11.4 Å². The number of carbonyl (C=O) groups is 3. The number of ether oxygens (including phenoxy) is 1. The average molecular weight is 290 g/mol. The lowest BCUT2D eigenvalue weighted by Gasteiger charge is -2.05. The highest BCUT2D eigenvalue weighted by molar-refractivity contribution is 6.02. The molecule has 6 nitrogen and oxygen atoms in total. The van der Waals surface area contributed by atoms with Gasteiger partial charge in [0.1, 0.15) is 0 Å². The summed E-state index contributed by atoms with van der Waals surface area (Å²) in [5.74, 6) is -1.08. The third-order valence-corrected chi connectivity index (χ3v) is 2.41. The summed E-state index contributed by atoms with van der Waals surface area (Å²) in [6, 6.07) is 6.67. The molecule has 0 aromatic heterocycles. The molecule has 0 fully saturated rings. The molecule has 0 spiro atoms. The fourth-order valence-electron chi connectivity index (χ4n) is 1.40. The Morgan fingerprint density at radius 1 is 1.00 bits per heavy atom. The molecule has 1 aromatic carbocycles. The first-order chi connectivity index (χ1) is 10.0. The fraction of sp³-hybridized carbons (Fsp3) is 0.267. The third kappa shape index (κ3) is 6.38. The molecule has 1 rings (SSSR count). The Balaban J connectivity index is 2.53. The predicted octanol–water partition coefficient (Wildman–Crippen LogP) is 2.09. The molecule has 0 radical (unpaired) electrons. The van der Waals surface area contributed by atoms with E-state index in [-0.39, 0.29) is 12.5 Å². The van der Waals surface area contributed by atoms with Gasteiger partial charge < -0.3 is 15.4 Å². The Bertz CT molecular complexity index is 535. The van der Waals surface area contributed by atoms with E-state index in [1.165, 1.54) is 0 Å². The second-order valence-corrected chi connectivity index (χ2v) is 4.05. The molecule has 0 bridgehead atoms. The van der Waals surface area contributed by atoms with Crippen molar-refractivity contribution < 1.29 is 19.1 Å². The van der Waals surface area contributed by atoms with Crippen molar-refractivity contribution in [3.05, 3.63) is 36.4 Å². The Morgan fingerprint density at radius 3 is 2.10 bits per heavy atom. The van der Waals surface area contributed by atoms with E-state index in [2.05, 4.69) is 15.4 Å². The normalized spacial score (nSPS) is 10.2. The van der Waals surface area contributed by atoms with Crippen LogP contribution in [-0.2, 0) is 19.1 Å². The van der Waals surface area contributed by atoms with Crippen LogP contribution >= 0.6 is 0 Å². The van der Waals surface area contributed by atoms with Gasteiger partial charge in [-0.05, 0) is 31.2 Å². The zero-order valence-corrected chi connectivity index (χ0v) is 12.0. The van der Waals surface area contributed by atoms with Gasteiger partial charge in [-0.3, -0.25) is 9.59 Å². The molecular formula is C15H18N2O4. The third-order valence-electron chi connectivity index (χ3n) is 2.41. The summed E-state index contributed by atoms with van der Waals surface area (Å²) in [5.41, 5.74) is 1.21. The molecular weight excluding hydrogens is 272 g/mol. The van der Waals surface area contributed by atoms with E-state index < -0.39 is 11.9 Å². The van der Waals surface area contributed by atoms with Crippen LogP contribution in [0, 0.1) is 0 Å². The van der Waals surface area contributed by atoms with E-state index in [0.717, 1.165) is 12.2 Å². The number of rotatable bonds is 6. The Kier molecular flexibility index (Phi) is 6.67. The van der Waals surface area contributed by atoms with Gasteiger partial charge >= 0.3 is 5.97 Å². The van der Waals surface area contributed by atoms with Crippen molar-refractivity contribution in [3.8, 4) is 0 Å². The fourth-order valence-corrected chi connectivity index (χ4v) is 1.40. The van der Waals surface area contributed by atoms with Gasteiger partial charge in [-0.2, -0.15) is 0 Å². The molecule has 0 unspecified atom stereocenters. The minimum Gasteiger partial charge on any atom is -0.463 e. The van der Waals surface area contributed by atoms with Crippen LogP contribution in [0.3, 0.4) is 0 Å². The number of esters is 1. The molecule has 0 aliphatic heterocycles. The van der Waals surface area contributed by atoms with Crippen molar-refractivity contribution in [1.82, 2.24) is 0 Å². The molecule has 112 valence electrons. The smallest absolute Gasteiger partial charge is 0.330 e. The zero-order valence-electron chi connectivity index (χ0n) is 12.0. The summed E-state index contributed by atoms with van der Waals surface area (Å²) in [6.45, 7) is 3.71. The highest BCUT2D eigenvalue weighted by Gasteiger charge is 2.02. The van der Waals surface area contributed by atoms with Gasteiger partial charge in [-0.25, -0.2) is 4.79 Å². The summed E-state index contributed by atoms with van der Waals surface area (Å²) >= 11 is 0. The van der Waals surface area contributed by atoms with Crippen molar-refractivity contribution >= 4 is 29.2 Å². The van der Waals surface area contributed by atoms with Crippen LogP contribution in [0.25, 0.3) is 0 Å². The van der Waals surface area contributed by atoms with Gasteiger partial charge in [-0.1, -0.05) is 6.92 Å². The number of anilines is 2. The molecule has 0 heterocycles. The van der Waals surface area contributed by atoms with E-state index in [4.69, 9.17) is 0 Å². The maximum absolute atomic E-state index is 11.6. The molecule has 0 aliphatic carbocycles. The van der Waals surface area contributed by atoms with Crippen LogP contribution in [0.5, 0.6) is 0 Å². The van der Waals surface area contributed by atoms with Gasteiger partial charge in [0.25, 0.3) is 0 Å². The van der Waals surface area contributed by atoms with Gasteiger partial charge in [-0.15, -0.1) is 0 Å². The second kappa shape index (κ2) is 8.52. The summed E-state index contributed by atoms with van der Waals surface area (Å²) in [7, 11) is 0. The standard InChI is InChI=1S/C15H18N2O4/c1-3-13(18)16-11-5-7-12(8-6-11)17-14(19)9-10-15(20)21-4-2/h5-10H,3-4H2,1-2H3,(H,16,18)(H,17,19)/b10-9+. The summed E-state index contributed by atoms with van der Waals surface area (Å²) in [5, 5.41) is 5.29. The van der Waals surface area contributed by atoms with Crippen molar-refractivity contribution in [2.45, 2.75) is 20.3 Å². The van der Waals surface area contributed by atoms with E-state index >= 15 is 0 Å². The molecule has 2 N–H and O–H groups in total. The van der Waals surface area contributed by atoms with Crippen molar-refractivity contribution in [1.29, 1.82) is 0 Å². The monoisotopic (exact) mass is 290 g/mol. The maximum Gasteiger partial charge on any atom is 0.330 e. The lowest BCUT2D eigenvalue weighted by molar-refractivity contribution is -0.137. The first-order valence-electron chi connectivity index (χ1n) is 6.60. The van der Waals surface area contributed by atoms with Crippen LogP contribution in [0.15, 0.2) is 36.4 Å². The molecule has 0 atom stereocenters. The molecule has 1 aromatic rings. The van der Waals surface area contributed by atoms with E-state index in [0.29, 0.717) is 17.8 Å². The number of benzene rings is 1. The number of carbonyl (C=O) groups excluding carboxylic acids is 3. The SMILES string of the molecule is CCOC(=O)/C=C/C(=O)Nc1ccc(NC(=O)CC)cc1. The predicted molar refractivity (Wildman–Crippen MR) is 79.8 cm³/mol. The highest BCUT2D eigenvalue weighted by atomic mass is 16.5. The van der Waals surface area contributed by atoms with Crippen molar-refractivity contribution in [3.63, 3.8) is 0 Å². The quantitative estimate of drug-likeness (QED) is 0.620. The lowest BCUT2D eigenvalue weighted by atomic mass is 10.2. The molecule has 0 saturated carbocycles. The minimum atomic E-state index is -0.565. The Hall–Kier alpha value is -2.63. The number of hydrogen-bond acceptors (Lipinski definition) is 4. The van der Waals surface area contributed by atoms with Crippen LogP contribution in [-0.4, -0.2) is 24.4 Å². The molecule has 0 saturated heterocycles. The van der Waals surface area contributed by atoms with Gasteiger partial charge in [0, 0.05) is 29.9 Å². The number of nitrogens with one attached hydrogen (secondary N) is 2. The first-order valence-corrected chi connectivity index (χ1v) is 6.60. The van der Waals surface area contributed by atoms with E-state index in [1.807, 2.05) is 0 Å². The van der Waals surface area contributed by atoms with Gasteiger partial charge in [0.15, 0.2) is 0 Å². The van der Waals surface area contributed by atoms with Gasteiger partial charge in [0.2, 0.25) is 11.8 Å². The molecule has 0 aliphatic rings. The topological polar surface area (TPSA) is 84.5 Å². The zero-order chi connectivity index (χ0) is 15.7. The minimum absolute atomic E-state index is 0.0795.